The molecule has 6 heteroatoms. The van der Waals surface area contributed by atoms with Gasteiger partial charge in [-0.05, 0) is 37.6 Å². The Morgan fingerprint density at radius 1 is 1.32 bits per heavy atom. The van der Waals surface area contributed by atoms with Crippen LogP contribution < -0.4 is 10.1 Å². The van der Waals surface area contributed by atoms with Gasteiger partial charge in [-0.2, -0.15) is 0 Å². The molecular formula is C19H23N3O3. The molecule has 2 aliphatic heterocycles. The molecule has 1 N–H and O–H groups in total. The number of piperidine rings is 1. The van der Waals surface area contributed by atoms with Crippen LogP contribution in [0.4, 0.5) is 10.5 Å². The van der Waals surface area contributed by atoms with Crippen molar-refractivity contribution in [3.8, 4) is 5.75 Å². The van der Waals surface area contributed by atoms with Gasteiger partial charge in [0, 0.05) is 35.7 Å². The van der Waals surface area contributed by atoms with Crippen LogP contribution in [0.3, 0.4) is 0 Å². The number of fused-ring (bicyclic) bond motifs is 3. The van der Waals surface area contributed by atoms with Crippen molar-refractivity contribution in [2.45, 2.75) is 38.3 Å². The van der Waals surface area contributed by atoms with Gasteiger partial charge in [0.1, 0.15) is 5.75 Å². The normalized spacial score (nSPS) is 19.8. The Labute approximate surface area is 147 Å². The first kappa shape index (κ1) is 16.1. The summed E-state index contributed by atoms with van der Waals surface area (Å²) in [6.45, 7) is 1.93. The Hall–Kier alpha value is -2.34. The summed E-state index contributed by atoms with van der Waals surface area (Å²) >= 11 is 0. The van der Waals surface area contributed by atoms with Crippen molar-refractivity contribution in [3.05, 3.63) is 29.5 Å². The highest BCUT2D eigenvalue weighted by atomic mass is 16.5. The molecule has 1 aromatic carbocycles. The van der Waals surface area contributed by atoms with Gasteiger partial charge in [0.2, 0.25) is 0 Å². The summed E-state index contributed by atoms with van der Waals surface area (Å²) in [4.78, 5) is 19.4. The van der Waals surface area contributed by atoms with E-state index in [1.54, 1.807) is 7.11 Å². The van der Waals surface area contributed by atoms with Crippen molar-refractivity contribution in [1.82, 2.24) is 9.88 Å². The SMILES string of the molecule is COC(=O)Nc1c2c(nc3ccc(OC)cc13)CC1CCCCN1C2. The molecule has 4 rings (SSSR count). The largest absolute Gasteiger partial charge is 0.497 e. The fraction of sp³-hybridized carbons (Fsp3) is 0.474. The van der Waals surface area contributed by atoms with E-state index in [2.05, 4.69) is 10.2 Å². The number of amides is 1. The monoisotopic (exact) mass is 341 g/mol. The van der Waals surface area contributed by atoms with E-state index in [0.29, 0.717) is 6.04 Å². The zero-order valence-corrected chi connectivity index (χ0v) is 14.7. The number of nitrogens with zero attached hydrogens (tertiary/aromatic N) is 2. The van der Waals surface area contributed by atoms with Crippen molar-refractivity contribution in [1.29, 1.82) is 0 Å². The van der Waals surface area contributed by atoms with Gasteiger partial charge < -0.3 is 9.47 Å². The van der Waals surface area contributed by atoms with Crippen LogP contribution in [-0.4, -0.2) is 42.8 Å². The lowest BCUT2D eigenvalue weighted by Gasteiger charge is -2.40. The standard InChI is InChI=1S/C19H23N3O3/c1-24-13-6-7-16-14(10-13)18(21-19(23)25-2)15-11-22-8-4-3-5-12(22)9-17(15)20-16/h6-7,10,12H,3-5,8-9,11H2,1-2H3,(H,20,21,23). The van der Waals surface area contributed by atoms with E-state index in [1.807, 2.05) is 18.2 Å². The Balaban J connectivity index is 1.87. The van der Waals surface area contributed by atoms with Crippen LogP contribution in [0.5, 0.6) is 5.75 Å². The topological polar surface area (TPSA) is 63.7 Å². The second-order valence-electron chi connectivity index (χ2n) is 6.74. The number of methoxy groups -OCH3 is 2. The smallest absolute Gasteiger partial charge is 0.411 e. The molecule has 0 spiro atoms. The number of pyridine rings is 1. The van der Waals surface area contributed by atoms with Crippen LogP contribution in [0.2, 0.25) is 0 Å². The molecule has 3 heterocycles. The third kappa shape index (κ3) is 2.91. The van der Waals surface area contributed by atoms with Crippen LogP contribution in [0.25, 0.3) is 10.9 Å². The maximum Gasteiger partial charge on any atom is 0.411 e. The van der Waals surface area contributed by atoms with E-state index in [-0.39, 0.29) is 0 Å². The average molecular weight is 341 g/mol. The number of hydrogen-bond acceptors (Lipinski definition) is 5. The molecule has 1 saturated heterocycles. The minimum Gasteiger partial charge on any atom is -0.497 e. The second kappa shape index (κ2) is 6.52. The van der Waals surface area contributed by atoms with Gasteiger partial charge in [-0.1, -0.05) is 6.42 Å². The molecule has 1 fully saturated rings. The molecule has 1 unspecified atom stereocenters. The summed E-state index contributed by atoms with van der Waals surface area (Å²) in [5.41, 5.74) is 3.86. The number of nitrogens with one attached hydrogen (secondary N) is 1. The average Bonchev–Trinajstić information content (AvgIpc) is 2.66. The molecule has 6 nitrogen and oxygen atoms in total. The minimum absolute atomic E-state index is 0.460. The lowest BCUT2D eigenvalue weighted by molar-refractivity contribution is 0.126. The van der Waals surface area contributed by atoms with Gasteiger partial charge >= 0.3 is 6.09 Å². The highest BCUT2D eigenvalue weighted by molar-refractivity contribution is 6.01. The first-order chi connectivity index (χ1) is 12.2. The lowest BCUT2D eigenvalue weighted by Crippen LogP contribution is -2.44. The van der Waals surface area contributed by atoms with Crippen molar-refractivity contribution < 1.29 is 14.3 Å². The maximum absolute atomic E-state index is 11.9. The highest BCUT2D eigenvalue weighted by Crippen LogP contribution is 2.37. The van der Waals surface area contributed by atoms with Gasteiger partial charge in [0.15, 0.2) is 0 Å². The van der Waals surface area contributed by atoms with Gasteiger partial charge in [-0.15, -0.1) is 0 Å². The third-order valence-corrected chi connectivity index (χ3v) is 5.33. The summed E-state index contributed by atoms with van der Waals surface area (Å²) in [7, 11) is 3.02. The molecule has 1 aromatic heterocycles. The number of ether oxygens (including phenoxy) is 2. The fourth-order valence-corrected chi connectivity index (χ4v) is 4.02. The molecule has 2 aliphatic rings. The molecule has 0 radical (unpaired) electrons. The van der Waals surface area contributed by atoms with E-state index in [0.717, 1.165) is 53.1 Å². The molecule has 25 heavy (non-hydrogen) atoms. The van der Waals surface area contributed by atoms with Crippen LogP contribution in [-0.2, 0) is 17.7 Å². The van der Waals surface area contributed by atoms with Gasteiger partial charge in [-0.3, -0.25) is 15.2 Å². The highest BCUT2D eigenvalue weighted by Gasteiger charge is 2.31. The molecule has 1 amide bonds. The van der Waals surface area contributed by atoms with Crippen LogP contribution in [0.15, 0.2) is 18.2 Å². The van der Waals surface area contributed by atoms with Crippen LogP contribution in [0.1, 0.15) is 30.5 Å². The Morgan fingerprint density at radius 2 is 2.20 bits per heavy atom. The van der Waals surface area contributed by atoms with Crippen molar-refractivity contribution in [3.63, 3.8) is 0 Å². The molecule has 0 aliphatic carbocycles. The second-order valence-corrected chi connectivity index (χ2v) is 6.74. The van der Waals surface area contributed by atoms with E-state index < -0.39 is 6.09 Å². The summed E-state index contributed by atoms with van der Waals surface area (Å²) in [5.74, 6) is 0.744. The predicted molar refractivity (Wildman–Crippen MR) is 96.1 cm³/mol. The van der Waals surface area contributed by atoms with Crippen molar-refractivity contribution >= 4 is 22.7 Å². The van der Waals surface area contributed by atoms with Gasteiger partial charge in [-0.25, -0.2) is 4.79 Å². The van der Waals surface area contributed by atoms with E-state index in [1.165, 1.54) is 26.4 Å². The summed E-state index contributed by atoms with van der Waals surface area (Å²) in [6.07, 6.45) is 4.22. The molecule has 0 saturated carbocycles. The number of carbonyl (C=O) groups excluding carboxylic acids is 1. The lowest BCUT2D eigenvalue weighted by atomic mass is 9.90. The Kier molecular flexibility index (Phi) is 4.21. The summed E-state index contributed by atoms with van der Waals surface area (Å²) < 4.78 is 10.2. The van der Waals surface area contributed by atoms with Crippen LogP contribution in [0, 0.1) is 0 Å². The van der Waals surface area contributed by atoms with Crippen molar-refractivity contribution in [2.24, 2.45) is 0 Å². The molecule has 2 aromatic rings. The number of carbonyl (C=O) groups is 1. The quantitative estimate of drug-likeness (QED) is 0.908. The first-order valence-corrected chi connectivity index (χ1v) is 8.78. The summed E-state index contributed by atoms with van der Waals surface area (Å²) in [6, 6.07) is 6.34. The molecule has 1 atom stereocenters. The first-order valence-electron chi connectivity index (χ1n) is 8.78. The van der Waals surface area contributed by atoms with E-state index in [4.69, 9.17) is 14.5 Å². The zero-order chi connectivity index (χ0) is 17.4. The van der Waals surface area contributed by atoms with Gasteiger partial charge in [0.25, 0.3) is 0 Å². The Bertz CT molecular complexity index is 821. The number of aromatic nitrogens is 1. The number of benzene rings is 1. The van der Waals surface area contributed by atoms with E-state index >= 15 is 0 Å². The molecule has 132 valence electrons. The van der Waals surface area contributed by atoms with Crippen LogP contribution >= 0.6 is 0 Å². The third-order valence-electron chi connectivity index (χ3n) is 5.33. The van der Waals surface area contributed by atoms with Gasteiger partial charge in [0.05, 0.1) is 25.4 Å². The zero-order valence-electron chi connectivity index (χ0n) is 14.7. The van der Waals surface area contributed by atoms with E-state index in [9.17, 15) is 4.79 Å². The minimum atomic E-state index is -0.460. The number of hydrogen-bond donors (Lipinski definition) is 1. The molecular weight excluding hydrogens is 318 g/mol. The summed E-state index contributed by atoms with van der Waals surface area (Å²) in [5, 5.41) is 3.81. The predicted octanol–water partition coefficient (Wildman–Crippen LogP) is 3.33. The molecule has 0 bridgehead atoms. The fourth-order valence-electron chi connectivity index (χ4n) is 4.02. The number of anilines is 1. The Morgan fingerprint density at radius 3 is 3.00 bits per heavy atom. The van der Waals surface area contributed by atoms with Crippen molar-refractivity contribution in [2.75, 3.05) is 26.1 Å². The maximum atomic E-state index is 11.9. The number of rotatable bonds is 2.